The first-order valence-corrected chi connectivity index (χ1v) is 6.55. The van der Waals surface area contributed by atoms with Crippen LogP contribution >= 0.6 is 24.4 Å². The Hall–Kier alpha value is -0.880. The van der Waals surface area contributed by atoms with Crippen molar-refractivity contribution in [1.29, 1.82) is 0 Å². The first-order chi connectivity index (χ1) is 8.42. The average Bonchev–Trinajstić information content (AvgIpc) is 2.34. The molecule has 0 N–H and O–H groups in total. The van der Waals surface area contributed by atoms with Crippen molar-refractivity contribution >= 4 is 46.1 Å². The lowest BCUT2D eigenvalue weighted by Gasteiger charge is -2.11. The maximum Gasteiger partial charge on any atom is 0.344 e. The summed E-state index contributed by atoms with van der Waals surface area (Å²) >= 11 is 9.88. The molecule has 4 nitrogen and oxygen atoms in total. The molecule has 102 valence electrons. The SMILES string of the molecule is CCOC(=O)C(=S)CCC(C)CC(=S)C(=O)OC. The third-order valence-electron chi connectivity index (χ3n) is 2.31. The lowest BCUT2D eigenvalue weighted by atomic mass is 9.98. The van der Waals surface area contributed by atoms with Crippen LogP contribution in [0.2, 0.25) is 0 Å². The maximum atomic E-state index is 11.3. The highest BCUT2D eigenvalue weighted by Crippen LogP contribution is 2.13. The first kappa shape index (κ1) is 17.1. The second-order valence-corrected chi connectivity index (χ2v) is 4.89. The smallest absolute Gasteiger partial charge is 0.344 e. The Labute approximate surface area is 118 Å². The molecule has 0 aliphatic rings. The Morgan fingerprint density at radius 1 is 1.17 bits per heavy atom. The molecule has 0 heterocycles. The van der Waals surface area contributed by atoms with E-state index in [0.29, 0.717) is 25.9 Å². The van der Waals surface area contributed by atoms with Gasteiger partial charge in [0, 0.05) is 0 Å². The van der Waals surface area contributed by atoms with E-state index in [1.807, 2.05) is 6.92 Å². The molecule has 0 spiro atoms. The van der Waals surface area contributed by atoms with Gasteiger partial charge in [-0.25, -0.2) is 9.59 Å². The van der Waals surface area contributed by atoms with E-state index in [2.05, 4.69) is 4.74 Å². The molecule has 0 rings (SSSR count). The summed E-state index contributed by atoms with van der Waals surface area (Å²) in [4.78, 5) is 22.9. The van der Waals surface area contributed by atoms with Gasteiger partial charge in [0.2, 0.25) is 0 Å². The van der Waals surface area contributed by atoms with E-state index in [-0.39, 0.29) is 15.6 Å². The number of hydrogen-bond acceptors (Lipinski definition) is 6. The van der Waals surface area contributed by atoms with E-state index < -0.39 is 11.9 Å². The number of thiocarbonyl (C=S) groups is 2. The summed E-state index contributed by atoms with van der Waals surface area (Å²) < 4.78 is 9.32. The second kappa shape index (κ2) is 9.10. The first-order valence-electron chi connectivity index (χ1n) is 5.73. The summed E-state index contributed by atoms with van der Waals surface area (Å²) in [5.41, 5.74) is 0. The Bertz CT molecular complexity index is 339. The number of hydrogen-bond donors (Lipinski definition) is 0. The molecule has 0 saturated heterocycles. The van der Waals surface area contributed by atoms with Crippen LogP contribution in [0, 0.1) is 5.92 Å². The van der Waals surface area contributed by atoms with Gasteiger partial charge in [-0.3, -0.25) is 0 Å². The summed E-state index contributed by atoms with van der Waals surface area (Å²) in [7, 11) is 1.30. The van der Waals surface area contributed by atoms with Crippen LogP contribution < -0.4 is 0 Å². The summed E-state index contributed by atoms with van der Waals surface area (Å²) in [6, 6.07) is 0. The van der Waals surface area contributed by atoms with Crippen LogP contribution in [-0.2, 0) is 19.1 Å². The zero-order valence-electron chi connectivity index (χ0n) is 10.9. The van der Waals surface area contributed by atoms with E-state index in [0.717, 1.165) is 0 Å². The quantitative estimate of drug-likeness (QED) is 0.505. The van der Waals surface area contributed by atoms with E-state index in [1.54, 1.807) is 6.92 Å². The van der Waals surface area contributed by atoms with Crippen molar-refractivity contribution < 1.29 is 19.1 Å². The highest BCUT2D eigenvalue weighted by atomic mass is 32.1. The molecule has 0 fully saturated rings. The highest BCUT2D eigenvalue weighted by Gasteiger charge is 2.16. The van der Waals surface area contributed by atoms with Crippen LogP contribution in [-0.4, -0.2) is 35.4 Å². The molecule has 0 bridgehead atoms. The monoisotopic (exact) mass is 290 g/mol. The highest BCUT2D eigenvalue weighted by molar-refractivity contribution is 7.82. The minimum Gasteiger partial charge on any atom is -0.465 e. The van der Waals surface area contributed by atoms with Crippen molar-refractivity contribution in [2.24, 2.45) is 5.92 Å². The lowest BCUT2D eigenvalue weighted by molar-refractivity contribution is -0.135. The molecular formula is C12H18O4S2. The van der Waals surface area contributed by atoms with Crippen LogP contribution in [0.5, 0.6) is 0 Å². The molecular weight excluding hydrogens is 272 g/mol. The number of ether oxygens (including phenoxy) is 2. The molecule has 0 aromatic rings. The van der Waals surface area contributed by atoms with Gasteiger partial charge in [-0.1, -0.05) is 31.4 Å². The van der Waals surface area contributed by atoms with Crippen LogP contribution in [0.25, 0.3) is 0 Å². The van der Waals surface area contributed by atoms with Gasteiger partial charge < -0.3 is 9.47 Å². The van der Waals surface area contributed by atoms with Crippen molar-refractivity contribution in [3.8, 4) is 0 Å². The fourth-order valence-electron chi connectivity index (χ4n) is 1.31. The third-order valence-corrected chi connectivity index (χ3v) is 3.02. The zero-order chi connectivity index (χ0) is 14.1. The molecule has 0 saturated carbocycles. The lowest BCUT2D eigenvalue weighted by Crippen LogP contribution is -2.19. The Balaban J connectivity index is 4.00. The fourth-order valence-corrected chi connectivity index (χ4v) is 1.85. The van der Waals surface area contributed by atoms with Crippen molar-refractivity contribution in [3.05, 3.63) is 0 Å². The van der Waals surface area contributed by atoms with Gasteiger partial charge >= 0.3 is 11.9 Å². The standard InChI is InChI=1S/C12H18O4S2/c1-4-16-12(14)9(17)6-5-8(2)7-10(18)11(13)15-3/h8H,4-7H2,1-3H3. The van der Waals surface area contributed by atoms with E-state index in [1.165, 1.54) is 7.11 Å². The molecule has 0 amide bonds. The molecule has 0 aromatic heterocycles. The van der Waals surface area contributed by atoms with Crippen molar-refractivity contribution in [3.63, 3.8) is 0 Å². The fraction of sp³-hybridized carbons (Fsp3) is 0.667. The molecule has 0 radical (unpaired) electrons. The van der Waals surface area contributed by atoms with Gasteiger partial charge in [0.05, 0.1) is 13.7 Å². The van der Waals surface area contributed by atoms with Gasteiger partial charge in [-0.2, -0.15) is 0 Å². The van der Waals surface area contributed by atoms with Crippen LogP contribution in [0.3, 0.4) is 0 Å². The molecule has 6 heteroatoms. The summed E-state index contributed by atoms with van der Waals surface area (Å²) in [5.74, 6) is -0.732. The van der Waals surface area contributed by atoms with Crippen LogP contribution in [0.1, 0.15) is 33.1 Å². The summed E-state index contributed by atoms with van der Waals surface area (Å²) in [6.45, 7) is 4.00. The van der Waals surface area contributed by atoms with Gasteiger partial charge in [0.1, 0.15) is 9.73 Å². The molecule has 0 aromatic carbocycles. The van der Waals surface area contributed by atoms with Crippen molar-refractivity contribution in [2.45, 2.75) is 33.1 Å². The second-order valence-electron chi connectivity index (χ2n) is 3.91. The van der Waals surface area contributed by atoms with E-state index in [9.17, 15) is 9.59 Å². The third kappa shape index (κ3) is 6.76. The van der Waals surface area contributed by atoms with Crippen LogP contribution in [0.4, 0.5) is 0 Å². The molecule has 1 unspecified atom stereocenters. The normalized spacial score (nSPS) is 11.5. The molecule has 1 atom stereocenters. The van der Waals surface area contributed by atoms with E-state index in [4.69, 9.17) is 29.2 Å². The largest absolute Gasteiger partial charge is 0.465 e. The van der Waals surface area contributed by atoms with E-state index >= 15 is 0 Å². The predicted molar refractivity (Wildman–Crippen MR) is 76.9 cm³/mol. The Morgan fingerprint density at radius 2 is 1.78 bits per heavy atom. The number of carbonyl (C=O) groups excluding carboxylic acids is 2. The van der Waals surface area contributed by atoms with Gasteiger partial charge in [-0.05, 0) is 32.1 Å². The topological polar surface area (TPSA) is 52.6 Å². The summed E-state index contributed by atoms with van der Waals surface area (Å²) in [5, 5.41) is 0. The maximum absolute atomic E-state index is 11.3. The Morgan fingerprint density at radius 3 is 2.28 bits per heavy atom. The number of methoxy groups -OCH3 is 1. The minimum atomic E-state index is -0.468. The van der Waals surface area contributed by atoms with Gasteiger partial charge in [-0.15, -0.1) is 0 Å². The molecule has 0 aliphatic carbocycles. The molecule has 18 heavy (non-hydrogen) atoms. The number of esters is 2. The minimum absolute atomic E-state index is 0.170. The van der Waals surface area contributed by atoms with Crippen LogP contribution in [0.15, 0.2) is 0 Å². The summed E-state index contributed by atoms with van der Waals surface area (Å²) in [6.07, 6.45) is 1.63. The van der Waals surface area contributed by atoms with Crippen molar-refractivity contribution in [2.75, 3.05) is 13.7 Å². The van der Waals surface area contributed by atoms with Crippen molar-refractivity contribution in [1.82, 2.24) is 0 Å². The van der Waals surface area contributed by atoms with Gasteiger partial charge in [0.25, 0.3) is 0 Å². The number of carbonyl (C=O) groups is 2. The van der Waals surface area contributed by atoms with Gasteiger partial charge in [0.15, 0.2) is 0 Å². The Kier molecular flexibility index (Phi) is 8.66. The predicted octanol–water partition coefficient (Wildman–Crippen LogP) is 2.27. The zero-order valence-corrected chi connectivity index (χ0v) is 12.5. The molecule has 0 aliphatic heterocycles. The average molecular weight is 290 g/mol. The number of rotatable bonds is 8.